The Morgan fingerprint density at radius 2 is 2.12 bits per heavy atom. The number of hydrogen-bond acceptors (Lipinski definition) is 5. The van der Waals surface area contributed by atoms with Crippen LogP contribution in [0, 0.1) is 0 Å². The zero-order valence-corrected chi connectivity index (χ0v) is 14.3. The number of thiazole rings is 1. The molecule has 0 bridgehead atoms. The zero-order chi connectivity index (χ0) is 16.7. The molecule has 3 aromatic rings. The summed E-state index contributed by atoms with van der Waals surface area (Å²) in [5, 5.41) is 2.53. The number of anilines is 1. The molecule has 0 spiro atoms. The van der Waals surface area contributed by atoms with Gasteiger partial charge in [0.15, 0.2) is 0 Å². The van der Waals surface area contributed by atoms with Crippen molar-refractivity contribution in [2.75, 3.05) is 19.0 Å². The number of allylic oxidation sites excluding steroid dienone is 2. The first kappa shape index (κ1) is 14.9. The topological polar surface area (TPSA) is 46.3 Å². The Morgan fingerprint density at radius 1 is 1.25 bits per heavy atom. The summed E-state index contributed by atoms with van der Waals surface area (Å²) in [6.45, 7) is 0. The van der Waals surface area contributed by atoms with Crippen LogP contribution in [0.5, 0.6) is 0 Å². The molecule has 0 aliphatic heterocycles. The minimum atomic E-state index is -0.349. The van der Waals surface area contributed by atoms with Gasteiger partial charge in [-0.3, -0.25) is 0 Å². The van der Waals surface area contributed by atoms with E-state index >= 15 is 0 Å². The Kier molecular flexibility index (Phi) is 3.58. The van der Waals surface area contributed by atoms with Crippen molar-refractivity contribution in [3.05, 3.63) is 56.7 Å². The fourth-order valence-electron chi connectivity index (χ4n) is 2.67. The SMILES string of the molecule is CN(C)c1ccc2cc(-c3nc4c(s3)=CC=CCC=4)c(=O)oc2c1. The van der Waals surface area contributed by atoms with Gasteiger partial charge in [0.05, 0.1) is 15.4 Å². The fraction of sp³-hybridized carbons (Fsp3) is 0.158. The van der Waals surface area contributed by atoms with Gasteiger partial charge in [0, 0.05) is 31.2 Å². The Bertz CT molecular complexity index is 1140. The largest absolute Gasteiger partial charge is 0.422 e. The Hall–Kier alpha value is -2.66. The maximum absolute atomic E-state index is 12.4. The molecule has 5 heteroatoms. The first-order chi connectivity index (χ1) is 11.6. The molecule has 1 aromatic carbocycles. The van der Waals surface area contributed by atoms with Gasteiger partial charge in [-0.25, -0.2) is 9.78 Å². The van der Waals surface area contributed by atoms with E-state index in [-0.39, 0.29) is 5.63 Å². The minimum Gasteiger partial charge on any atom is -0.422 e. The highest BCUT2D eigenvalue weighted by Crippen LogP contribution is 2.24. The average Bonchev–Trinajstić information content (AvgIpc) is 2.84. The molecule has 2 aromatic heterocycles. The van der Waals surface area contributed by atoms with Gasteiger partial charge >= 0.3 is 5.63 Å². The fourth-order valence-corrected chi connectivity index (χ4v) is 3.65. The van der Waals surface area contributed by atoms with Crippen molar-refractivity contribution in [1.82, 2.24) is 4.98 Å². The molecule has 2 heterocycles. The van der Waals surface area contributed by atoms with E-state index in [1.54, 1.807) is 0 Å². The van der Waals surface area contributed by atoms with E-state index < -0.39 is 0 Å². The number of hydrogen-bond donors (Lipinski definition) is 0. The Balaban J connectivity index is 1.90. The van der Waals surface area contributed by atoms with E-state index in [0.717, 1.165) is 27.4 Å². The molecule has 0 saturated carbocycles. The van der Waals surface area contributed by atoms with Gasteiger partial charge in [0.25, 0.3) is 0 Å². The van der Waals surface area contributed by atoms with Crippen molar-refractivity contribution in [1.29, 1.82) is 0 Å². The van der Waals surface area contributed by atoms with Crippen molar-refractivity contribution in [2.24, 2.45) is 0 Å². The highest BCUT2D eigenvalue weighted by molar-refractivity contribution is 7.13. The van der Waals surface area contributed by atoms with Crippen LogP contribution in [-0.4, -0.2) is 19.1 Å². The number of aromatic nitrogens is 1. The molecule has 24 heavy (non-hydrogen) atoms. The summed E-state index contributed by atoms with van der Waals surface area (Å²) in [5.74, 6) is 0. The first-order valence-electron chi connectivity index (χ1n) is 7.71. The summed E-state index contributed by atoms with van der Waals surface area (Å²) in [4.78, 5) is 19.0. The summed E-state index contributed by atoms with van der Waals surface area (Å²) >= 11 is 1.52. The summed E-state index contributed by atoms with van der Waals surface area (Å²) in [6, 6.07) is 7.73. The van der Waals surface area contributed by atoms with Crippen molar-refractivity contribution in [3.63, 3.8) is 0 Å². The monoisotopic (exact) mass is 336 g/mol. The van der Waals surface area contributed by atoms with E-state index in [2.05, 4.69) is 17.1 Å². The first-order valence-corrected chi connectivity index (χ1v) is 8.53. The number of fused-ring (bicyclic) bond motifs is 2. The van der Waals surface area contributed by atoms with Crippen LogP contribution in [0.25, 0.3) is 33.7 Å². The zero-order valence-electron chi connectivity index (χ0n) is 13.4. The normalized spacial score (nSPS) is 13.1. The molecule has 0 atom stereocenters. The predicted molar refractivity (Wildman–Crippen MR) is 99.9 cm³/mol. The predicted octanol–water partition coefficient (Wildman–Crippen LogP) is 2.50. The quantitative estimate of drug-likeness (QED) is 0.675. The summed E-state index contributed by atoms with van der Waals surface area (Å²) < 4.78 is 6.62. The molecule has 0 radical (unpaired) electrons. The molecule has 120 valence electrons. The van der Waals surface area contributed by atoms with Crippen LogP contribution < -0.4 is 20.4 Å². The van der Waals surface area contributed by atoms with Gasteiger partial charge in [0.2, 0.25) is 0 Å². The highest BCUT2D eigenvalue weighted by Gasteiger charge is 2.12. The lowest BCUT2D eigenvalue weighted by Crippen LogP contribution is -2.19. The Morgan fingerprint density at radius 3 is 2.96 bits per heavy atom. The molecule has 0 fully saturated rings. The Labute approximate surface area is 142 Å². The van der Waals surface area contributed by atoms with E-state index in [1.165, 1.54) is 11.3 Å². The lowest BCUT2D eigenvalue weighted by Gasteiger charge is -2.12. The number of rotatable bonds is 2. The summed E-state index contributed by atoms with van der Waals surface area (Å²) in [6.07, 6.45) is 9.07. The second-order valence-corrected chi connectivity index (χ2v) is 6.90. The summed E-state index contributed by atoms with van der Waals surface area (Å²) in [7, 11) is 3.91. The van der Waals surface area contributed by atoms with Crippen LogP contribution >= 0.6 is 11.3 Å². The third-order valence-electron chi connectivity index (χ3n) is 3.98. The van der Waals surface area contributed by atoms with Gasteiger partial charge in [-0.1, -0.05) is 18.2 Å². The van der Waals surface area contributed by atoms with E-state index in [1.807, 2.05) is 55.4 Å². The minimum absolute atomic E-state index is 0.349. The lowest BCUT2D eigenvalue weighted by atomic mass is 10.1. The third-order valence-corrected chi connectivity index (χ3v) is 5.05. The molecule has 1 aliphatic carbocycles. The summed E-state index contributed by atoms with van der Waals surface area (Å²) in [5.41, 5.74) is 1.76. The maximum Gasteiger partial charge on any atom is 0.346 e. The molecule has 0 N–H and O–H groups in total. The van der Waals surface area contributed by atoms with E-state index in [0.29, 0.717) is 16.2 Å². The van der Waals surface area contributed by atoms with Gasteiger partial charge in [-0.15, -0.1) is 11.3 Å². The van der Waals surface area contributed by atoms with Gasteiger partial charge in [-0.05, 0) is 30.7 Å². The van der Waals surface area contributed by atoms with E-state index in [9.17, 15) is 4.79 Å². The van der Waals surface area contributed by atoms with Crippen molar-refractivity contribution in [2.45, 2.75) is 6.42 Å². The van der Waals surface area contributed by atoms with Crippen molar-refractivity contribution >= 4 is 40.1 Å². The second kappa shape index (κ2) is 5.76. The molecular weight excluding hydrogens is 320 g/mol. The van der Waals surface area contributed by atoms with Gasteiger partial charge in [0.1, 0.15) is 10.6 Å². The van der Waals surface area contributed by atoms with Crippen molar-refractivity contribution < 1.29 is 4.42 Å². The lowest BCUT2D eigenvalue weighted by molar-refractivity contribution is 0.563. The van der Waals surface area contributed by atoms with Crippen LogP contribution in [-0.2, 0) is 0 Å². The number of benzene rings is 1. The standard InChI is InChI=1S/C19H16N2O2S/c1-21(2)13-9-8-12-10-14(19(22)23-16(12)11-13)18-20-15-6-4-3-5-7-17(15)24-18/h3,5-11H,4H2,1-2H3. The maximum atomic E-state index is 12.4. The van der Waals surface area contributed by atoms with Crippen LogP contribution in [0.3, 0.4) is 0 Å². The molecule has 1 aliphatic rings. The molecule has 4 nitrogen and oxygen atoms in total. The third kappa shape index (κ3) is 2.57. The second-order valence-electron chi connectivity index (χ2n) is 5.87. The van der Waals surface area contributed by atoms with Crippen molar-refractivity contribution in [3.8, 4) is 10.6 Å². The van der Waals surface area contributed by atoms with E-state index in [4.69, 9.17) is 4.42 Å². The molecular formula is C19H16N2O2S. The molecule has 0 unspecified atom stereocenters. The van der Waals surface area contributed by atoms with Crippen LogP contribution in [0.4, 0.5) is 5.69 Å². The molecule has 0 saturated heterocycles. The molecule has 4 rings (SSSR count). The molecule has 0 amide bonds. The van der Waals surface area contributed by atoms with Gasteiger partial charge < -0.3 is 9.32 Å². The highest BCUT2D eigenvalue weighted by atomic mass is 32.1. The van der Waals surface area contributed by atoms with Crippen LogP contribution in [0.2, 0.25) is 0 Å². The van der Waals surface area contributed by atoms with Gasteiger partial charge in [-0.2, -0.15) is 0 Å². The number of nitrogens with zero attached hydrogens (tertiary/aromatic N) is 2. The smallest absolute Gasteiger partial charge is 0.346 e. The van der Waals surface area contributed by atoms with Crippen LogP contribution in [0.1, 0.15) is 6.42 Å². The van der Waals surface area contributed by atoms with Crippen LogP contribution in [0.15, 0.2) is 45.6 Å². The average molecular weight is 336 g/mol.